The van der Waals surface area contributed by atoms with Crippen LogP contribution in [0.15, 0.2) is 18.5 Å². The van der Waals surface area contributed by atoms with E-state index in [-0.39, 0.29) is 18.2 Å². The van der Waals surface area contributed by atoms with Crippen molar-refractivity contribution in [2.75, 3.05) is 38.6 Å². The average Bonchev–Trinajstić information content (AvgIpc) is 2.51. The van der Waals surface area contributed by atoms with Crippen LogP contribution >= 0.6 is 0 Å². The fourth-order valence-electron chi connectivity index (χ4n) is 2.23. The van der Waals surface area contributed by atoms with Crippen LogP contribution in [0.5, 0.6) is 5.75 Å². The van der Waals surface area contributed by atoms with Crippen molar-refractivity contribution in [1.82, 2.24) is 14.9 Å². The normalized spacial score (nSPS) is 11.3. The van der Waals surface area contributed by atoms with Crippen LogP contribution < -0.4 is 10.5 Å². The van der Waals surface area contributed by atoms with Gasteiger partial charge in [-0.25, -0.2) is 14.4 Å². The first-order chi connectivity index (χ1) is 10.7. The Morgan fingerprint density at radius 2 is 2.14 bits per heavy atom. The Balaban J connectivity index is 1.96. The van der Waals surface area contributed by atoms with Crippen molar-refractivity contribution in [3.8, 4) is 5.75 Å². The van der Waals surface area contributed by atoms with Crippen LogP contribution in [0.2, 0.25) is 0 Å². The summed E-state index contributed by atoms with van der Waals surface area (Å²) < 4.78 is 19.5. The van der Waals surface area contributed by atoms with Gasteiger partial charge in [0, 0.05) is 24.5 Å². The summed E-state index contributed by atoms with van der Waals surface area (Å²) in [6, 6.07) is 2.83. The van der Waals surface area contributed by atoms with Gasteiger partial charge in [0.15, 0.2) is 11.6 Å². The molecule has 1 aromatic heterocycles. The highest BCUT2D eigenvalue weighted by molar-refractivity contribution is 5.88. The van der Waals surface area contributed by atoms with Gasteiger partial charge in [0.05, 0.1) is 18.7 Å². The maximum atomic E-state index is 14.0. The Hall–Kier alpha value is -1.99. The first-order valence-corrected chi connectivity index (χ1v) is 7.31. The van der Waals surface area contributed by atoms with E-state index in [0.29, 0.717) is 24.1 Å². The van der Waals surface area contributed by atoms with Crippen molar-refractivity contribution >= 4 is 16.7 Å². The number of nitrogens with zero attached hydrogens (tertiary/aromatic N) is 3. The average molecular weight is 308 g/mol. The molecule has 0 spiro atoms. The number of likely N-dealkylation sites (N-methyl/N-ethyl adjacent to an activating group) is 1. The Labute approximate surface area is 128 Å². The predicted octanol–water partition coefficient (Wildman–Crippen LogP) is 1.43. The van der Waals surface area contributed by atoms with Crippen LogP contribution in [-0.2, 0) is 0 Å². The molecule has 22 heavy (non-hydrogen) atoms. The van der Waals surface area contributed by atoms with E-state index in [4.69, 9.17) is 15.6 Å². The molecular weight excluding hydrogens is 287 g/mol. The van der Waals surface area contributed by atoms with Crippen molar-refractivity contribution in [3.05, 3.63) is 24.3 Å². The van der Waals surface area contributed by atoms with Gasteiger partial charge in [-0.1, -0.05) is 6.92 Å². The lowest BCUT2D eigenvalue weighted by atomic mass is 10.2. The number of rotatable bonds is 8. The lowest BCUT2D eigenvalue weighted by Crippen LogP contribution is -2.28. The molecule has 120 valence electrons. The van der Waals surface area contributed by atoms with Gasteiger partial charge in [-0.2, -0.15) is 0 Å². The highest BCUT2D eigenvalue weighted by atomic mass is 19.1. The van der Waals surface area contributed by atoms with E-state index in [0.717, 1.165) is 19.5 Å². The number of hydrogen-bond acceptors (Lipinski definition) is 6. The summed E-state index contributed by atoms with van der Waals surface area (Å²) in [6.45, 7) is 4.85. The van der Waals surface area contributed by atoms with Crippen molar-refractivity contribution in [1.29, 1.82) is 0 Å². The monoisotopic (exact) mass is 308 g/mol. The second-order valence-corrected chi connectivity index (χ2v) is 4.92. The minimum atomic E-state index is -0.475. The fourth-order valence-corrected chi connectivity index (χ4v) is 2.23. The van der Waals surface area contributed by atoms with Crippen LogP contribution in [0.25, 0.3) is 10.9 Å². The summed E-state index contributed by atoms with van der Waals surface area (Å²) in [5, 5.41) is 9.40. The molecule has 0 saturated carbocycles. The van der Waals surface area contributed by atoms with Gasteiger partial charge in [0.2, 0.25) is 0 Å². The third-order valence-corrected chi connectivity index (χ3v) is 3.46. The number of halogens is 1. The fraction of sp³-hybridized carbons (Fsp3) is 0.467. The molecule has 0 radical (unpaired) electrons. The molecule has 6 nitrogen and oxygen atoms in total. The van der Waals surface area contributed by atoms with Crippen LogP contribution in [0, 0.1) is 5.82 Å². The number of anilines is 1. The third kappa shape index (κ3) is 4.02. The predicted molar refractivity (Wildman–Crippen MR) is 83.2 cm³/mol. The number of nitrogens with two attached hydrogens (primary N) is 1. The Morgan fingerprint density at radius 1 is 1.32 bits per heavy atom. The molecule has 2 aromatic rings. The largest absolute Gasteiger partial charge is 0.490 e. The number of nitrogen functional groups attached to an aromatic ring is 1. The Bertz CT molecular complexity index is 624. The topological polar surface area (TPSA) is 84.5 Å². The van der Waals surface area contributed by atoms with Crippen LogP contribution in [0.3, 0.4) is 0 Å². The van der Waals surface area contributed by atoms with Gasteiger partial charge in [-0.05, 0) is 19.0 Å². The molecule has 0 aliphatic heterocycles. The summed E-state index contributed by atoms with van der Waals surface area (Å²) in [7, 11) is 0. The molecule has 0 amide bonds. The zero-order valence-electron chi connectivity index (χ0n) is 12.6. The molecule has 0 aliphatic carbocycles. The third-order valence-electron chi connectivity index (χ3n) is 3.46. The summed E-state index contributed by atoms with van der Waals surface area (Å²) >= 11 is 0. The summed E-state index contributed by atoms with van der Waals surface area (Å²) in [5.41, 5.74) is 6.24. The molecule has 0 saturated heterocycles. The van der Waals surface area contributed by atoms with Gasteiger partial charge in [-0.3, -0.25) is 0 Å². The van der Waals surface area contributed by atoms with Crippen LogP contribution in [0.4, 0.5) is 10.2 Å². The summed E-state index contributed by atoms with van der Waals surface area (Å²) in [4.78, 5) is 10.0. The minimum absolute atomic E-state index is 0.134. The number of fused-ring (bicyclic) bond motifs is 1. The number of ether oxygens (including phenoxy) is 1. The van der Waals surface area contributed by atoms with Crippen LogP contribution in [-0.4, -0.2) is 52.8 Å². The van der Waals surface area contributed by atoms with E-state index in [2.05, 4.69) is 14.9 Å². The zero-order valence-corrected chi connectivity index (χ0v) is 12.6. The number of aliphatic hydroxyl groups excluding tert-OH is 1. The molecule has 0 atom stereocenters. The number of hydrogen-bond donors (Lipinski definition) is 2. The number of aliphatic hydroxyl groups is 1. The molecule has 3 N–H and O–H groups in total. The molecular formula is C15H21FN4O2. The van der Waals surface area contributed by atoms with Crippen LogP contribution in [0.1, 0.15) is 13.3 Å². The van der Waals surface area contributed by atoms with Crippen molar-refractivity contribution < 1.29 is 14.2 Å². The Morgan fingerprint density at radius 3 is 2.86 bits per heavy atom. The van der Waals surface area contributed by atoms with Gasteiger partial charge < -0.3 is 20.5 Å². The molecule has 2 rings (SSSR count). The van der Waals surface area contributed by atoms with E-state index in [1.54, 1.807) is 0 Å². The van der Waals surface area contributed by atoms with Gasteiger partial charge >= 0.3 is 0 Å². The molecule has 0 fully saturated rings. The summed E-state index contributed by atoms with van der Waals surface area (Å²) in [5.74, 6) is -0.0643. The number of aromatic nitrogens is 2. The van der Waals surface area contributed by atoms with Gasteiger partial charge in [0.25, 0.3) is 0 Å². The highest BCUT2D eigenvalue weighted by Gasteiger charge is 2.09. The van der Waals surface area contributed by atoms with E-state index in [1.807, 2.05) is 6.92 Å². The zero-order chi connectivity index (χ0) is 15.9. The molecule has 1 aromatic carbocycles. The van der Waals surface area contributed by atoms with E-state index >= 15 is 0 Å². The maximum Gasteiger partial charge on any atom is 0.165 e. The smallest absolute Gasteiger partial charge is 0.165 e. The van der Waals surface area contributed by atoms with E-state index < -0.39 is 5.82 Å². The molecule has 0 bridgehead atoms. The molecule has 1 heterocycles. The lowest BCUT2D eigenvalue weighted by molar-refractivity contribution is 0.188. The lowest BCUT2D eigenvalue weighted by Gasteiger charge is -2.18. The van der Waals surface area contributed by atoms with Crippen molar-refractivity contribution in [2.45, 2.75) is 13.3 Å². The van der Waals surface area contributed by atoms with E-state index in [9.17, 15) is 4.39 Å². The highest BCUT2D eigenvalue weighted by Crippen LogP contribution is 2.25. The van der Waals surface area contributed by atoms with Crippen molar-refractivity contribution in [3.63, 3.8) is 0 Å². The van der Waals surface area contributed by atoms with E-state index in [1.165, 1.54) is 18.5 Å². The molecule has 0 unspecified atom stereocenters. The molecule has 0 aliphatic rings. The molecule has 7 heteroatoms. The first kappa shape index (κ1) is 16.4. The van der Waals surface area contributed by atoms with Crippen molar-refractivity contribution in [2.24, 2.45) is 0 Å². The second-order valence-electron chi connectivity index (χ2n) is 4.92. The second kappa shape index (κ2) is 7.86. The SMILES string of the molecule is CCN(CCO)CCCOc1cc2ncnc(N)c2cc1F. The number of benzene rings is 1. The van der Waals surface area contributed by atoms with Gasteiger partial charge in [0.1, 0.15) is 12.1 Å². The van der Waals surface area contributed by atoms with Gasteiger partial charge in [-0.15, -0.1) is 0 Å². The standard InChI is InChI=1S/C15H21FN4O2/c1-2-20(5-6-21)4-3-7-22-14-9-13-11(8-12(14)16)15(17)19-10-18-13/h8-10,21H,2-7H2,1H3,(H2,17,18,19). The quantitative estimate of drug-likeness (QED) is 0.718. The minimum Gasteiger partial charge on any atom is -0.490 e. The maximum absolute atomic E-state index is 14.0. The Kier molecular flexibility index (Phi) is 5.85. The first-order valence-electron chi connectivity index (χ1n) is 7.31. The summed E-state index contributed by atoms with van der Waals surface area (Å²) in [6.07, 6.45) is 2.09.